The molecule has 0 aliphatic carbocycles. The molecule has 1 aliphatic heterocycles. The Morgan fingerprint density at radius 3 is 3.00 bits per heavy atom. The molecule has 0 radical (unpaired) electrons. The van der Waals surface area contributed by atoms with E-state index >= 15 is 0 Å². The molecule has 0 bridgehead atoms. The van der Waals surface area contributed by atoms with Crippen LogP contribution in [0, 0.1) is 11.3 Å². The molecule has 0 amide bonds. The Balaban J connectivity index is 2.29. The first-order valence-electron chi connectivity index (χ1n) is 5.26. The second-order valence-corrected chi connectivity index (χ2v) is 5.90. The summed E-state index contributed by atoms with van der Waals surface area (Å²) in [6.07, 6.45) is 0. The highest BCUT2D eigenvalue weighted by Gasteiger charge is 2.20. The number of nitrogens with zero attached hydrogens (tertiary/aromatic N) is 2. The number of benzene rings is 1. The summed E-state index contributed by atoms with van der Waals surface area (Å²) in [5, 5.41) is 8.83. The average Bonchev–Trinajstić information content (AvgIpc) is 2.30. The summed E-state index contributed by atoms with van der Waals surface area (Å²) in [4.78, 5) is 2.40. The van der Waals surface area contributed by atoms with Crippen molar-refractivity contribution in [1.29, 1.82) is 5.26 Å². The van der Waals surface area contributed by atoms with Gasteiger partial charge in [-0.25, -0.2) is 0 Å². The summed E-state index contributed by atoms with van der Waals surface area (Å²) in [5.41, 5.74) is 1.90. The topological polar surface area (TPSA) is 27.0 Å². The van der Waals surface area contributed by atoms with E-state index in [0.29, 0.717) is 11.6 Å². The highest BCUT2D eigenvalue weighted by molar-refractivity contribution is 9.10. The van der Waals surface area contributed by atoms with Crippen LogP contribution in [-0.2, 0) is 0 Å². The Hall–Kier alpha value is -0.660. The van der Waals surface area contributed by atoms with Gasteiger partial charge in [-0.05, 0) is 41.1 Å². The monoisotopic (exact) mass is 296 g/mol. The number of hydrogen-bond acceptors (Lipinski definition) is 3. The van der Waals surface area contributed by atoms with Crippen molar-refractivity contribution in [1.82, 2.24) is 0 Å². The maximum absolute atomic E-state index is 8.83. The number of hydrogen-bond donors (Lipinski definition) is 0. The summed E-state index contributed by atoms with van der Waals surface area (Å²) >= 11 is 5.56. The van der Waals surface area contributed by atoms with Crippen molar-refractivity contribution in [2.24, 2.45) is 0 Å². The van der Waals surface area contributed by atoms with Gasteiger partial charge in [0.05, 0.1) is 17.3 Å². The van der Waals surface area contributed by atoms with Gasteiger partial charge in [-0.3, -0.25) is 0 Å². The largest absolute Gasteiger partial charge is 0.366 e. The Morgan fingerprint density at radius 2 is 2.38 bits per heavy atom. The Kier molecular flexibility index (Phi) is 3.78. The molecule has 1 aromatic rings. The predicted octanol–water partition coefficient (Wildman–Crippen LogP) is 3.26. The van der Waals surface area contributed by atoms with Gasteiger partial charge in [-0.2, -0.15) is 17.0 Å². The number of anilines is 1. The van der Waals surface area contributed by atoms with Gasteiger partial charge in [0, 0.05) is 28.6 Å². The second kappa shape index (κ2) is 5.11. The molecule has 16 heavy (non-hydrogen) atoms. The molecule has 1 atom stereocenters. The summed E-state index contributed by atoms with van der Waals surface area (Å²) in [6, 6.07) is 8.53. The van der Waals surface area contributed by atoms with Crippen molar-refractivity contribution in [3.63, 3.8) is 0 Å². The van der Waals surface area contributed by atoms with Crippen LogP contribution in [0.25, 0.3) is 0 Å². The highest BCUT2D eigenvalue weighted by atomic mass is 79.9. The van der Waals surface area contributed by atoms with Crippen molar-refractivity contribution in [2.75, 3.05) is 23.0 Å². The molecular weight excluding hydrogens is 284 g/mol. The lowest BCUT2D eigenvalue weighted by atomic mass is 10.2. The summed E-state index contributed by atoms with van der Waals surface area (Å²) in [5.74, 6) is 2.35. The first-order valence-corrected chi connectivity index (χ1v) is 7.21. The molecule has 0 saturated carbocycles. The molecule has 1 aromatic carbocycles. The van der Waals surface area contributed by atoms with E-state index in [2.05, 4.69) is 33.8 Å². The van der Waals surface area contributed by atoms with E-state index in [1.807, 2.05) is 30.0 Å². The normalized spacial score (nSPS) is 20.6. The van der Waals surface area contributed by atoms with Crippen molar-refractivity contribution in [2.45, 2.75) is 13.0 Å². The molecule has 2 nitrogen and oxygen atoms in total. The Morgan fingerprint density at radius 1 is 1.56 bits per heavy atom. The van der Waals surface area contributed by atoms with Crippen LogP contribution in [0.1, 0.15) is 12.5 Å². The lowest BCUT2D eigenvalue weighted by Gasteiger charge is -2.35. The van der Waals surface area contributed by atoms with Crippen LogP contribution in [-0.4, -0.2) is 24.1 Å². The van der Waals surface area contributed by atoms with Gasteiger partial charge in [0.15, 0.2) is 0 Å². The minimum Gasteiger partial charge on any atom is -0.366 e. The van der Waals surface area contributed by atoms with Crippen LogP contribution >= 0.6 is 27.7 Å². The van der Waals surface area contributed by atoms with Gasteiger partial charge >= 0.3 is 0 Å². The van der Waals surface area contributed by atoms with E-state index in [4.69, 9.17) is 5.26 Å². The smallest absolute Gasteiger partial charge is 0.0992 e. The standard InChI is InChI=1S/C12H13BrN2S/c1-9-8-16-5-4-15(9)12-3-2-10(7-14)6-11(12)13/h2-3,6,9H,4-5,8H2,1H3. The van der Waals surface area contributed by atoms with Gasteiger partial charge in [0.1, 0.15) is 0 Å². The SMILES string of the molecule is CC1CSCCN1c1ccc(C#N)cc1Br. The maximum atomic E-state index is 8.83. The fraction of sp³-hybridized carbons (Fsp3) is 0.417. The second-order valence-electron chi connectivity index (χ2n) is 3.90. The van der Waals surface area contributed by atoms with Crippen LogP contribution in [0.2, 0.25) is 0 Å². The highest BCUT2D eigenvalue weighted by Crippen LogP contribution is 2.31. The average molecular weight is 297 g/mol. The number of halogens is 1. The number of thioether (sulfide) groups is 1. The minimum absolute atomic E-state index is 0.558. The molecule has 0 aromatic heterocycles. The molecule has 1 unspecified atom stereocenters. The van der Waals surface area contributed by atoms with Crippen molar-refractivity contribution in [3.8, 4) is 6.07 Å². The van der Waals surface area contributed by atoms with E-state index < -0.39 is 0 Å². The zero-order valence-electron chi connectivity index (χ0n) is 9.11. The zero-order valence-corrected chi connectivity index (χ0v) is 11.5. The third kappa shape index (κ3) is 2.36. The number of nitriles is 1. The first-order chi connectivity index (χ1) is 7.72. The summed E-state index contributed by atoms with van der Waals surface area (Å²) in [6.45, 7) is 3.33. The quantitative estimate of drug-likeness (QED) is 0.796. The van der Waals surface area contributed by atoms with Crippen molar-refractivity contribution in [3.05, 3.63) is 28.2 Å². The minimum atomic E-state index is 0.558. The van der Waals surface area contributed by atoms with Gasteiger partial charge in [-0.15, -0.1) is 0 Å². The molecular formula is C12H13BrN2S. The summed E-state index contributed by atoms with van der Waals surface area (Å²) in [7, 11) is 0. The predicted molar refractivity (Wildman–Crippen MR) is 73.0 cm³/mol. The fourth-order valence-electron chi connectivity index (χ4n) is 1.89. The molecule has 84 valence electrons. The van der Waals surface area contributed by atoms with E-state index in [1.165, 1.54) is 17.2 Å². The number of rotatable bonds is 1. The molecule has 2 rings (SSSR count). The van der Waals surface area contributed by atoms with Crippen LogP contribution in [0.4, 0.5) is 5.69 Å². The van der Waals surface area contributed by atoms with Crippen LogP contribution in [0.3, 0.4) is 0 Å². The molecule has 1 saturated heterocycles. The lowest BCUT2D eigenvalue weighted by molar-refractivity contribution is 0.698. The van der Waals surface area contributed by atoms with Crippen LogP contribution in [0.15, 0.2) is 22.7 Å². The van der Waals surface area contributed by atoms with E-state index in [0.717, 1.165) is 11.0 Å². The van der Waals surface area contributed by atoms with E-state index in [1.54, 1.807) is 0 Å². The van der Waals surface area contributed by atoms with Gasteiger partial charge in [0.2, 0.25) is 0 Å². The summed E-state index contributed by atoms with van der Waals surface area (Å²) < 4.78 is 1.02. The van der Waals surface area contributed by atoms with Crippen LogP contribution < -0.4 is 4.90 Å². The Labute approximate surface area is 109 Å². The molecule has 1 heterocycles. The molecule has 0 N–H and O–H groups in total. The van der Waals surface area contributed by atoms with Gasteiger partial charge in [-0.1, -0.05) is 0 Å². The molecule has 4 heteroatoms. The van der Waals surface area contributed by atoms with Crippen molar-refractivity contribution >= 4 is 33.4 Å². The fourth-order valence-corrected chi connectivity index (χ4v) is 3.51. The molecule has 0 spiro atoms. The first kappa shape index (κ1) is 11.8. The Bertz CT molecular complexity index is 428. The third-order valence-corrected chi connectivity index (χ3v) is 4.58. The third-order valence-electron chi connectivity index (χ3n) is 2.75. The van der Waals surface area contributed by atoms with Gasteiger partial charge < -0.3 is 4.90 Å². The van der Waals surface area contributed by atoms with Crippen LogP contribution in [0.5, 0.6) is 0 Å². The van der Waals surface area contributed by atoms with Gasteiger partial charge in [0.25, 0.3) is 0 Å². The van der Waals surface area contributed by atoms with E-state index in [-0.39, 0.29) is 0 Å². The van der Waals surface area contributed by atoms with Crippen molar-refractivity contribution < 1.29 is 0 Å². The lowest BCUT2D eigenvalue weighted by Crippen LogP contribution is -2.40. The zero-order chi connectivity index (χ0) is 11.5. The maximum Gasteiger partial charge on any atom is 0.0992 e. The van der Waals surface area contributed by atoms with E-state index in [9.17, 15) is 0 Å². The molecule has 1 aliphatic rings. The molecule has 1 fully saturated rings.